The van der Waals surface area contributed by atoms with Gasteiger partial charge in [0.2, 0.25) is 0 Å². The molecule has 8 nitrogen and oxygen atoms in total. The second-order valence-corrected chi connectivity index (χ2v) is 6.88. The Balaban J connectivity index is 2.01. The first-order valence-electron chi connectivity index (χ1n) is 9.61. The number of aliphatic carboxylic acids is 1. The Labute approximate surface area is 175 Å². The molecule has 0 saturated heterocycles. The molecule has 30 heavy (non-hydrogen) atoms. The molecule has 1 aliphatic heterocycles. The number of hydrogen-bond acceptors (Lipinski definition) is 6. The first kappa shape index (κ1) is 21.3. The molecule has 1 aliphatic rings. The Morgan fingerprint density at radius 2 is 1.73 bits per heavy atom. The summed E-state index contributed by atoms with van der Waals surface area (Å²) < 4.78 is 16.2. The number of methoxy groups -OCH3 is 3. The molecule has 0 fully saturated rings. The van der Waals surface area contributed by atoms with Crippen LogP contribution >= 0.6 is 0 Å². The molecule has 0 saturated carbocycles. The van der Waals surface area contributed by atoms with E-state index in [1.54, 1.807) is 26.2 Å². The lowest BCUT2D eigenvalue weighted by molar-refractivity contribution is -0.305. The third-order valence-corrected chi connectivity index (χ3v) is 5.17. The van der Waals surface area contributed by atoms with Crippen molar-refractivity contribution >= 4 is 12.0 Å². The van der Waals surface area contributed by atoms with Crippen LogP contribution in [0.1, 0.15) is 29.2 Å². The topological polar surface area (TPSA) is 100 Å². The number of carboxylic acid groups (broad SMARTS) is 1. The highest BCUT2D eigenvalue weighted by Crippen LogP contribution is 2.41. The Hall–Kier alpha value is -3.42. The number of fused-ring (bicyclic) bond motifs is 1. The number of rotatable bonds is 7. The standard InChI is InChI=1S/C22H26N2O6/c1-28-16-6-4-14(5-7-16)21-17-13-19(30-3)18(29-2)12-15(17)9-11-24(21)22(27)23-10-8-20(25)26/h4-7,12-13,21H,8-11H2,1-3H3,(H,23,27)(H,25,26)/p-1/t21-/m0/s1. The smallest absolute Gasteiger partial charge is 0.318 e. The SMILES string of the molecule is COc1ccc([C@H]2c3cc(OC)c(OC)cc3CCN2C(=O)NCCC(=O)[O-])cc1. The largest absolute Gasteiger partial charge is 0.550 e. The zero-order valence-corrected chi connectivity index (χ0v) is 17.3. The normalized spacial score (nSPS) is 15.2. The molecule has 2 amide bonds. The van der Waals surface area contributed by atoms with Crippen molar-refractivity contribution in [3.63, 3.8) is 0 Å². The van der Waals surface area contributed by atoms with Crippen LogP contribution in [-0.2, 0) is 11.2 Å². The predicted molar refractivity (Wildman–Crippen MR) is 108 cm³/mol. The highest BCUT2D eigenvalue weighted by Gasteiger charge is 2.33. The number of hydrogen-bond donors (Lipinski definition) is 1. The Bertz CT molecular complexity index is 913. The fourth-order valence-corrected chi connectivity index (χ4v) is 3.68. The molecule has 1 atom stereocenters. The summed E-state index contributed by atoms with van der Waals surface area (Å²) in [6.45, 7) is 0.474. The number of urea groups is 1. The lowest BCUT2D eigenvalue weighted by Gasteiger charge is -2.38. The Morgan fingerprint density at radius 1 is 1.07 bits per heavy atom. The van der Waals surface area contributed by atoms with Crippen molar-refractivity contribution in [3.05, 3.63) is 53.1 Å². The van der Waals surface area contributed by atoms with E-state index in [4.69, 9.17) is 14.2 Å². The van der Waals surface area contributed by atoms with Gasteiger partial charge in [0.05, 0.1) is 27.4 Å². The summed E-state index contributed by atoms with van der Waals surface area (Å²) in [6.07, 6.45) is 0.393. The van der Waals surface area contributed by atoms with Crippen molar-refractivity contribution in [2.24, 2.45) is 0 Å². The number of nitrogens with zero attached hydrogens (tertiary/aromatic N) is 1. The van der Waals surface area contributed by atoms with Gasteiger partial charge in [0.15, 0.2) is 11.5 Å². The molecule has 160 valence electrons. The first-order chi connectivity index (χ1) is 14.5. The van der Waals surface area contributed by atoms with E-state index in [0.717, 1.165) is 16.7 Å². The van der Waals surface area contributed by atoms with Gasteiger partial charge in [-0.3, -0.25) is 0 Å². The highest BCUT2D eigenvalue weighted by molar-refractivity contribution is 5.77. The van der Waals surface area contributed by atoms with Gasteiger partial charge in [0.25, 0.3) is 0 Å². The average Bonchev–Trinajstić information content (AvgIpc) is 2.76. The molecule has 0 aromatic heterocycles. The van der Waals surface area contributed by atoms with Gasteiger partial charge in [-0.15, -0.1) is 0 Å². The van der Waals surface area contributed by atoms with Crippen LogP contribution in [0.15, 0.2) is 36.4 Å². The lowest BCUT2D eigenvalue weighted by atomic mass is 9.87. The van der Waals surface area contributed by atoms with Crippen molar-refractivity contribution in [1.82, 2.24) is 10.2 Å². The van der Waals surface area contributed by atoms with E-state index >= 15 is 0 Å². The van der Waals surface area contributed by atoms with Crippen LogP contribution in [0.5, 0.6) is 17.2 Å². The van der Waals surface area contributed by atoms with Gasteiger partial charge in [0.1, 0.15) is 5.75 Å². The van der Waals surface area contributed by atoms with Crippen molar-refractivity contribution in [1.29, 1.82) is 0 Å². The van der Waals surface area contributed by atoms with Crippen LogP contribution in [0, 0.1) is 0 Å². The van der Waals surface area contributed by atoms with Crippen molar-refractivity contribution < 1.29 is 28.9 Å². The fourth-order valence-electron chi connectivity index (χ4n) is 3.68. The number of amides is 2. The third-order valence-electron chi connectivity index (χ3n) is 5.17. The summed E-state index contributed by atoms with van der Waals surface area (Å²) in [6, 6.07) is 10.6. The van der Waals surface area contributed by atoms with Gasteiger partial charge < -0.3 is 34.3 Å². The molecule has 0 radical (unpaired) electrons. The summed E-state index contributed by atoms with van der Waals surface area (Å²) in [5.74, 6) is 0.723. The van der Waals surface area contributed by atoms with E-state index < -0.39 is 5.97 Å². The molecule has 2 aromatic rings. The highest BCUT2D eigenvalue weighted by atomic mass is 16.5. The third kappa shape index (κ3) is 4.42. The number of carbonyl (C=O) groups is 2. The van der Waals surface area contributed by atoms with Crippen LogP contribution in [0.2, 0.25) is 0 Å². The molecule has 3 rings (SSSR count). The van der Waals surface area contributed by atoms with Crippen LogP contribution in [0.3, 0.4) is 0 Å². The first-order valence-corrected chi connectivity index (χ1v) is 9.61. The summed E-state index contributed by atoms with van der Waals surface area (Å²) in [7, 11) is 4.75. The van der Waals surface area contributed by atoms with E-state index in [9.17, 15) is 14.7 Å². The van der Waals surface area contributed by atoms with Gasteiger partial charge in [-0.25, -0.2) is 4.79 Å². The second-order valence-electron chi connectivity index (χ2n) is 6.88. The lowest BCUT2D eigenvalue weighted by Crippen LogP contribution is -2.46. The van der Waals surface area contributed by atoms with Gasteiger partial charge in [-0.1, -0.05) is 12.1 Å². The van der Waals surface area contributed by atoms with E-state index in [1.807, 2.05) is 36.4 Å². The molecule has 0 unspecified atom stereocenters. The maximum absolute atomic E-state index is 12.9. The molecular formula is C22H25N2O6-. The zero-order valence-electron chi connectivity index (χ0n) is 17.3. The maximum atomic E-state index is 12.9. The maximum Gasteiger partial charge on any atom is 0.318 e. The minimum Gasteiger partial charge on any atom is -0.550 e. The second kappa shape index (κ2) is 9.39. The van der Waals surface area contributed by atoms with Crippen LogP contribution in [0.4, 0.5) is 4.79 Å². The molecular weight excluding hydrogens is 388 g/mol. The average molecular weight is 413 g/mol. The minimum atomic E-state index is -1.21. The minimum absolute atomic E-state index is 0.00574. The molecule has 1 heterocycles. The van der Waals surface area contributed by atoms with E-state index in [0.29, 0.717) is 30.2 Å². The number of benzene rings is 2. The predicted octanol–water partition coefficient (Wildman–Crippen LogP) is 1.51. The van der Waals surface area contributed by atoms with Crippen LogP contribution in [0.25, 0.3) is 0 Å². The molecule has 0 spiro atoms. The molecule has 0 aliphatic carbocycles. The number of nitrogens with one attached hydrogen (secondary N) is 1. The van der Waals surface area contributed by atoms with Crippen molar-refractivity contribution in [3.8, 4) is 17.2 Å². The van der Waals surface area contributed by atoms with Crippen molar-refractivity contribution in [2.45, 2.75) is 18.9 Å². The quantitative estimate of drug-likeness (QED) is 0.739. The van der Waals surface area contributed by atoms with Gasteiger partial charge in [-0.05, 0) is 47.4 Å². The Morgan fingerprint density at radius 3 is 2.33 bits per heavy atom. The molecule has 8 heteroatoms. The number of ether oxygens (including phenoxy) is 3. The Kier molecular flexibility index (Phi) is 6.66. The van der Waals surface area contributed by atoms with E-state index in [2.05, 4.69) is 5.32 Å². The molecule has 2 aromatic carbocycles. The number of carboxylic acids is 1. The van der Waals surface area contributed by atoms with Gasteiger partial charge >= 0.3 is 6.03 Å². The summed E-state index contributed by atoms with van der Waals surface area (Å²) in [4.78, 5) is 25.3. The van der Waals surface area contributed by atoms with Gasteiger partial charge in [-0.2, -0.15) is 0 Å². The monoisotopic (exact) mass is 413 g/mol. The van der Waals surface area contributed by atoms with Crippen molar-refractivity contribution in [2.75, 3.05) is 34.4 Å². The van der Waals surface area contributed by atoms with Crippen LogP contribution in [-0.4, -0.2) is 51.3 Å². The zero-order chi connectivity index (χ0) is 21.7. The molecule has 1 N–H and O–H groups in total. The van der Waals surface area contributed by atoms with E-state index in [-0.39, 0.29) is 25.0 Å². The summed E-state index contributed by atoms with van der Waals surface area (Å²) >= 11 is 0. The van der Waals surface area contributed by atoms with Gasteiger partial charge in [0, 0.05) is 25.5 Å². The summed E-state index contributed by atoms with van der Waals surface area (Å²) in [5, 5.41) is 13.4. The molecule has 0 bridgehead atoms. The van der Waals surface area contributed by atoms with Crippen LogP contribution < -0.4 is 24.6 Å². The summed E-state index contributed by atoms with van der Waals surface area (Å²) in [5.41, 5.74) is 2.89. The number of carbonyl (C=O) groups excluding carboxylic acids is 2. The fraction of sp³-hybridized carbons (Fsp3) is 0.364. The van der Waals surface area contributed by atoms with E-state index in [1.165, 1.54) is 0 Å².